The molecule has 1 aliphatic rings. The number of alkyl halides is 1. The van der Waals surface area contributed by atoms with Gasteiger partial charge >= 0.3 is 0 Å². The molecule has 1 saturated carbocycles. The van der Waals surface area contributed by atoms with Crippen LogP contribution in [0.25, 0.3) is 0 Å². The van der Waals surface area contributed by atoms with E-state index < -0.39 is 5.67 Å². The minimum atomic E-state index is -1.57. The first-order valence-corrected chi connectivity index (χ1v) is 3.52. The van der Waals surface area contributed by atoms with Crippen molar-refractivity contribution in [3.05, 3.63) is 0 Å². The molecule has 0 spiro atoms. The number of rotatable bonds is 0. The van der Waals surface area contributed by atoms with Crippen LogP contribution in [0.15, 0.2) is 0 Å². The predicted octanol–water partition coefficient (Wildman–Crippen LogP) is 1.54. The van der Waals surface area contributed by atoms with Crippen molar-refractivity contribution in [2.75, 3.05) is 0 Å². The van der Waals surface area contributed by atoms with E-state index in [4.69, 9.17) is 11.0 Å². The quantitative estimate of drug-likeness (QED) is 0.612. The molecule has 0 heterocycles. The first kappa shape index (κ1) is 10.7. The van der Waals surface area contributed by atoms with Gasteiger partial charge < -0.3 is 5.73 Å². The molecular weight excluding hydrogens is 167 g/mol. The fourth-order valence-corrected chi connectivity index (χ4v) is 1.21. The normalized spacial score (nSPS) is 37.0. The first-order valence-electron chi connectivity index (χ1n) is 3.52. The maximum Gasteiger partial charge on any atom is 0.196 e. The predicted molar refractivity (Wildman–Crippen MR) is 43.1 cm³/mol. The number of nitriles is 1. The minimum absolute atomic E-state index is 0. The Hall–Kier alpha value is -0.330. The largest absolute Gasteiger partial charge is 0.328 e. The van der Waals surface area contributed by atoms with Gasteiger partial charge in [-0.05, 0) is 25.7 Å². The number of halogens is 2. The second-order valence-electron chi connectivity index (χ2n) is 2.91. The Balaban J connectivity index is 0.000001000. The summed E-state index contributed by atoms with van der Waals surface area (Å²) in [7, 11) is 0. The first-order chi connectivity index (χ1) is 4.66. The molecule has 2 N–H and O–H groups in total. The van der Waals surface area contributed by atoms with Crippen LogP contribution in [0.1, 0.15) is 25.7 Å². The average Bonchev–Trinajstić information content (AvgIpc) is 1.96. The van der Waals surface area contributed by atoms with Crippen molar-refractivity contribution in [2.45, 2.75) is 37.4 Å². The smallest absolute Gasteiger partial charge is 0.196 e. The third-order valence-corrected chi connectivity index (χ3v) is 2.02. The molecule has 64 valence electrons. The van der Waals surface area contributed by atoms with Crippen molar-refractivity contribution in [1.29, 1.82) is 5.26 Å². The highest BCUT2D eigenvalue weighted by Crippen LogP contribution is 2.30. The third kappa shape index (κ3) is 2.64. The Morgan fingerprint density at radius 3 is 2.27 bits per heavy atom. The second-order valence-corrected chi connectivity index (χ2v) is 2.91. The zero-order valence-corrected chi connectivity index (χ0v) is 7.03. The molecule has 2 nitrogen and oxygen atoms in total. The van der Waals surface area contributed by atoms with Crippen LogP contribution in [0, 0.1) is 11.3 Å². The molecular formula is C7H12ClFN2. The SMILES string of the molecule is Cl.N#CC1(F)CCC(N)CC1. The van der Waals surface area contributed by atoms with Crippen molar-refractivity contribution in [3.8, 4) is 6.07 Å². The fraction of sp³-hybridized carbons (Fsp3) is 0.857. The highest BCUT2D eigenvalue weighted by atomic mass is 35.5. The Labute approximate surface area is 72.0 Å². The molecule has 1 aliphatic carbocycles. The van der Waals surface area contributed by atoms with Gasteiger partial charge in [-0.25, -0.2) is 4.39 Å². The highest BCUT2D eigenvalue weighted by molar-refractivity contribution is 5.85. The number of hydrogen-bond acceptors (Lipinski definition) is 2. The molecule has 0 atom stereocenters. The summed E-state index contributed by atoms with van der Waals surface area (Å²) in [6.07, 6.45) is 1.91. The van der Waals surface area contributed by atoms with E-state index in [0.29, 0.717) is 25.7 Å². The van der Waals surface area contributed by atoms with E-state index in [1.807, 2.05) is 0 Å². The van der Waals surface area contributed by atoms with Crippen LogP contribution >= 0.6 is 12.4 Å². The molecule has 11 heavy (non-hydrogen) atoms. The lowest BCUT2D eigenvalue weighted by Crippen LogP contribution is -2.34. The molecule has 0 aliphatic heterocycles. The van der Waals surface area contributed by atoms with Gasteiger partial charge in [0.25, 0.3) is 0 Å². The zero-order chi connectivity index (χ0) is 7.61. The van der Waals surface area contributed by atoms with Gasteiger partial charge in [-0.1, -0.05) is 0 Å². The zero-order valence-electron chi connectivity index (χ0n) is 6.22. The van der Waals surface area contributed by atoms with Gasteiger partial charge in [-0.3, -0.25) is 0 Å². The number of nitrogens with two attached hydrogens (primary N) is 1. The van der Waals surface area contributed by atoms with Gasteiger partial charge in [0.1, 0.15) is 6.07 Å². The van der Waals surface area contributed by atoms with Gasteiger partial charge in [0.15, 0.2) is 5.67 Å². The van der Waals surface area contributed by atoms with Crippen molar-refractivity contribution >= 4 is 12.4 Å². The van der Waals surface area contributed by atoms with E-state index in [0.717, 1.165) is 0 Å². The molecule has 0 amide bonds. The summed E-state index contributed by atoms with van der Waals surface area (Å²) in [5.74, 6) is 0. The van der Waals surface area contributed by atoms with Crippen LogP contribution in [0.5, 0.6) is 0 Å². The summed E-state index contributed by atoms with van der Waals surface area (Å²) in [6, 6.07) is 1.79. The Morgan fingerprint density at radius 2 is 1.91 bits per heavy atom. The summed E-state index contributed by atoms with van der Waals surface area (Å²) in [6.45, 7) is 0. The number of nitrogens with zero attached hydrogens (tertiary/aromatic N) is 1. The molecule has 0 unspecified atom stereocenters. The van der Waals surface area contributed by atoms with Gasteiger partial charge in [0.2, 0.25) is 0 Å². The van der Waals surface area contributed by atoms with Gasteiger partial charge in [0, 0.05) is 6.04 Å². The van der Waals surface area contributed by atoms with Crippen LogP contribution < -0.4 is 5.73 Å². The molecule has 0 bridgehead atoms. The van der Waals surface area contributed by atoms with E-state index in [1.165, 1.54) is 0 Å². The third-order valence-electron chi connectivity index (χ3n) is 2.02. The van der Waals surface area contributed by atoms with E-state index >= 15 is 0 Å². The summed E-state index contributed by atoms with van der Waals surface area (Å²) < 4.78 is 13.1. The van der Waals surface area contributed by atoms with Gasteiger partial charge in [0.05, 0.1) is 0 Å². The van der Waals surface area contributed by atoms with E-state index in [-0.39, 0.29) is 18.4 Å². The van der Waals surface area contributed by atoms with Gasteiger partial charge in [-0.15, -0.1) is 12.4 Å². The van der Waals surface area contributed by atoms with Crippen LogP contribution in [-0.2, 0) is 0 Å². The fourth-order valence-electron chi connectivity index (χ4n) is 1.21. The van der Waals surface area contributed by atoms with E-state index in [2.05, 4.69) is 0 Å². The van der Waals surface area contributed by atoms with Crippen LogP contribution in [0.4, 0.5) is 4.39 Å². The van der Waals surface area contributed by atoms with Crippen molar-refractivity contribution in [1.82, 2.24) is 0 Å². The Morgan fingerprint density at radius 1 is 1.45 bits per heavy atom. The lowest BCUT2D eigenvalue weighted by atomic mass is 9.85. The monoisotopic (exact) mass is 178 g/mol. The van der Waals surface area contributed by atoms with Crippen LogP contribution in [0.3, 0.4) is 0 Å². The molecule has 0 radical (unpaired) electrons. The van der Waals surface area contributed by atoms with Crippen molar-refractivity contribution in [3.63, 3.8) is 0 Å². The molecule has 1 fully saturated rings. The minimum Gasteiger partial charge on any atom is -0.328 e. The molecule has 0 aromatic heterocycles. The highest BCUT2D eigenvalue weighted by Gasteiger charge is 2.33. The summed E-state index contributed by atoms with van der Waals surface area (Å²) in [4.78, 5) is 0. The van der Waals surface area contributed by atoms with E-state index in [9.17, 15) is 4.39 Å². The standard InChI is InChI=1S/C7H11FN2.ClH/c8-7(5-9)3-1-6(10)2-4-7;/h6H,1-4,10H2;1H. The molecule has 0 saturated heterocycles. The molecule has 4 heteroatoms. The van der Waals surface area contributed by atoms with Gasteiger partial charge in [-0.2, -0.15) is 5.26 Å². The van der Waals surface area contributed by atoms with Crippen molar-refractivity contribution < 1.29 is 4.39 Å². The molecule has 0 aromatic carbocycles. The topological polar surface area (TPSA) is 49.8 Å². The summed E-state index contributed by atoms with van der Waals surface area (Å²) in [5.41, 5.74) is 3.96. The Bertz CT molecular complexity index is 158. The second kappa shape index (κ2) is 3.89. The maximum atomic E-state index is 13.1. The van der Waals surface area contributed by atoms with E-state index in [1.54, 1.807) is 6.07 Å². The molecule has 0 aromatic rings. The number of hydrogen-bond donors (Lipinski definition) is 1. The lowest BCUT2D eigenvalue weighted by molar-refractivity contribution is 0.161. The van der Waals surface area contributed by atoms with Crippen molar-refractivity contribution in [2.24, 2.45) is 5.73 Å². The molecule has 1 rings (SSSR count). The van der Waals surface area contributed by atoms with Crippen LogP contribution in [0.2, 0.25) is 0 Å². The maximum absolute atomic E-state index is 13.1. The Kier molecular flexibility index (Phi) is 3.77. The summed E-state index contributed by atoms with van der Waals surface area (Å²) >= 11 is 0. The summed E-state index contributed by atoms with van der Waals surface area (Å²) in [5, 5.41) is 8.37. The van der Waals surface area contributed by atoms with Crippen LogP contribution in [-0.4, -0.2) is 11.7 Å². The average molecular weight is 179 g/mol. The lowest BCUT2D eigenvalue weighted by Gasteiger charge is -2.26.